The highest BCUT2D eigenvalue weighted by Gasteiger charge is 2.29. The van der Waals surface area contributed by atoms with Crippen molar-refractivity contribution in [3.05, 3.63) is 23.8 Å². The first kappa shape index (κ1) is 28.0. The van der Waals surface area contributed by atoms with E-state index >= 15 is 0 Å². The number of nitrogens with two attached hydrogens (primary N) is 1. The Balaban J connectivity index is 2.57. The van der Waals surface area contributed by atoms with Gasteiger partial charge in [0, 0.05) is 0 Å². The first-order valence-electron chi connectivity index (χ1n) is 12.2. The molecule has 0 heterocycles. The summed E-state index contributed by atoms with van der Waals surface area (Å²) in [5.41, 5.74) is 0.945. The third kappa shape index (κ3) is 11.4. The van der Waals surface area contributed by atoms with Crippen molar-refractivity contribution in [3.8, 4) is 5.75 Å². The zero-order chi connectivity index (χ0) is 23.5. The summed E-state index contributed by atoms with van der Waals surface area (Å²) in [4.78, 5) is 0.0964. The molecule has 0 saturated heterocycles. The number of unbranched alkanes of at least 4 members (excludes halogenated alkanes) is 9. The highest BCUT2D eigenvalue weighted by Crippen LogP contribution is 2.38. The Kier molecular flexibility index (Phi) is 11.6. The molecule has 31 heavy (non-hydrogen) atoms. The van der Waals surface area contributed by atoms with Gasteiger partial charge in [-0.05, 0) is 41.4 Å². The lowest BCUT2D eigenvalue weighted by Crippen LogP contribution is -2.25. The molecule has 0 fully saturated rings. The van der Waals surface area contributed by atoms with Crippen molar-refractivity contribution in [1.82, 2.24) is 0 Å². The van der Waals surface area contributed by atoms with Gasteiger partial charge < -0.3 is 4.74 Å². The fraction of sp³-hybridized carbons (Fsp3) is 0.769. The molecule has 1 aromatic carbocycles. The molecule has 0 amide bonds. The van der Waals surface area contributed by atoms with Gasteiger partial charge in [-0.15, -0.1) is 0 Å². The Bertz CT molecular complexity index is 748. The predicted octanol–water partition coefficient (Wildman–Crippen LogP) is 7.35. The van der Waals surface area contributed by atoms with Gasteiger partial charge >= 0.3 is 0 Å². The first-order chi connectivity index (χ1) is 14.4. The van der Waals surface area contributed by atoms with E-state index < -0.39 is 10.0 Å². The molecule has 5 heteroatoms. The van der Waals surface area contributed by atoms with Crippen LogP contribution in [0, 0.1) is 5.41 Å². The van der Waals surface area contributed by atoms with Crippen molar-refractivity contribution >= 4 is 10.0 Å². The van der Waals surface area contributed by atoms with Gasteiger partial charge in [0.1, 0.15) is 10.6 Å². The molecule has 0 bridgehead atoms. The van der Waals surface area contributed by atoms with Gasteiger partial charge in [-0.3, -0.25) is 0 Å². The van der Waals surface area contributed by atoms with E-state index in [-0.39, 0.29) is 15.7 Å². The standard InChI is InChI=1S/C26H47NO3S/c1-7-8-9-10-11-12-13-14-15-16-19-30-23-18-17-22(20-24(23)31(27,28)29)26(5,6)21-25(2,3)4/h17-18,20H,7-16,19,21H2,1-6H3,(H2,27,28,29). The topological polar surface area (TPSA) is 69.4 Å². The Hall–Kier alpha value is -1.07. The van der Waals surface area contributed by atoms with Crippen LogP contribution in [0.15, 0.2) is 23.1 Å². The molecule has 1 aromatic rings. The van der Waals surface area contributed by atoms with Crippen LogP contribution in [0.4, 0.5) is 0 Å². The average molecular weight is 454 g/mol. The zero-order valence-electron chi connectivity index (χ0n) is 20.9. The minimum Gasteiger partial charge on any atom is -0.492 e. The number of benzene rings is 1. The van der Waals surface area contributed by atoms with Gasteiger partial charge in [-0.1, -0.05) is 105 Å². The van der Waals surface area contributed by atoms with Gasteiger partial charge in [0.05, 0.1) is 6.61 Å². The van der Waals surface area contributed by atoms with Crippen molar-refractivity contribution in [2.45, 2.75) is 122 Å². The first-order valence-corrected chi connectivity index (χ1v) is 13.7. The van der Waals surface area contributed by atoms with Crippen LogP contribution in [-0.4, -0.2) is 15.0 Å². The summed E-state index contributed by atoms with van der Waals surface area (Å²) in [6.45, 7) is 13.6. The molecule has 0 aliphatic heterocycles. The Morgan fingerprint density at radius 3 is 1.84 bits per heavy atom. The molecule has 0 aliphatic carbocycles. The van der Waals surface area contributed by atoms with Crippen LogP contribution in [-0.2, 0) is 15.4 Å². The van der Waals surface area contributed by atoms with E-state index in [9.17, 15) is 8.42 Å². The fourth-order valence-electron chi connectivity index (χ4n) is 4.47. The minimum atomic E-state index is -3.85. The molecular weight excluding hydrogens is 406 g/mol. The van der Waals surface area contributed by atoms with Crippen LogP contribution in [0.3, 0.4) is 0 Å². The van der Waals surface area contributed by atoms with Crippen LogP contribution < -0.4 is 9.88 Å². The Labute approximate surface area is 192 Å². The summed E-state index contributed by atoms with van der Waals surface area (Å²) in [6, 6.07) is 5.46. The van der Waals surface area contributed by atoms with E-state index in [1.807, 2.05) is 6.07 Å². The number of hydrogen-bond donors (Lipinski definition) is 1. The van der Waals surface area contributed by atoms with Gasteiger partial charge in [-0.2, -0.15) is 0 Å². The Morgan fingerprint density at radius 2 is 1.35 bits per heavy atom. The van der Waals surface area contributed by atoms with Crippen LogP contribution in [0.25, 0.3) is 0 Å². The Morgan fingerprint density at radius 1 is 0.839 bits per heavy atom. The second-order valence-corrected chi connectivity index (χ2v) is 12.4. The van der Waals surface area contributed by atoms with E-state index in [2.05, 4.69) is 41.5 Å². The monoisotopic (exact) mass is 453 g/mol. The minimum absolute atomic E-state index is 0.0964. The molecule has 0 unspecified atom stereocenters. The summed E-state index contributed by atoms with van der Waals surface area (Å²) in [6.07, 6.45) is 13.5. The highest BCUT2D eigenvalue weighted by molar-refractivity contribution is 7.89. The van der Waals surface area contributed by atoms with E-state index in [0.29, 0.717) is 12.4 Å². The van der Waals surface area contributed by atoms with Crippen LogP contribution in [0.5, 0.6) is 5.75 Å². The van der Waals surface area contributed by atoms with Gasteiger partial charge in [0.25, 0.3) is 0 Å². The molecule has 2 N–H and O–H groups in total. The quantitative estimate of drug-likeness (QED) is 0.282. The molecular formula is C26H47NO3S. The average Bonchev–Trinajstić information content (AvgIpc) is 2.63. The zero-order valence-corrected chi connectivity index (χ0v) is 21.7. The molecule has 0 aliphatic rings. The summed E-state index contributed by atoms with van der Waals surface area (Å²) < 4.78 is 30.3. The van der Waals surface area contributed by atoms with Gasteiger partial charge in [0.15, 0.2) is 0 Å². The van der Waals surface area contributed by atoms with Crippen molar-refractivity contribution in [3.63, 3.8) is 0 Å². The van der Waals surface area contributed by atoms with Crippen LogP contribution in [0.1, 0.15) is 118 Å². The van der Waals surface area contributed by atoms with Crippen molar-refractivity contribution in [2.24, 2.45) is 10.6 Å². The van der Waals surface area contributed by atoms with Crippen molar-refractivity contribution < 1.29 is 13.2 Å². The number of ether oxygens (including phenoxy) is 1. The highest BCUT2D eigenvalue weighted by atomic mass is 32.2. The number of primary sulfonamides is 1. The molecule has 4 nitrogen and oxygen atoms in total. The lowest BCUT2D eigenvalue weighted by molar-refractivity contribution is 0.281. The van der Waals surface area contributed by atoms with E-state index in [4.69, 9.17) is 9.88 Å². The molecule has 1 rings (SSSR count). The third-order valence-corrected chi connectivity index (χ3v) is 6.69. The lowest BCUT2D eigenvalue weighted by Gasteiger charge is -2.33. The molecule has 0 spiro atoms. The lowest BCUT2D eigenvalue weighted by atomic mass is 9.72. The summed E-state index contributed by atoms with van der Waals surface area (Å²) >= 11 is 0. The number of rotatable bonds is 15. The SMILES string of the molecule is CCCCCCCCCCCCOc1ccc(C(C)(C)CC(C)(C)C)cc1S(N)(=O)=O. The summed E-state index contributed by atoms with van der Waals surface area (Å²) in [5, 5.41) is 5.52. The number of hydrogen-bond acceptors (Lipinski definition) is 3. The maximum atomic E-state index is 12.2. The normalized spacial score (nSPS) is 12.9. The molecule has 0 aromatic heterocycles. The maximum absolute atomic E-state index is 12.2. The van der Waals surface area contributed by atoms with Gasteiger partial charge in [-0.25, -0.2) is 13.6 Å². The predicted molar refractivity (Wildman–Crippen MR) is 132 cm³/mol. The fourth-order valence-corrected chi connectivity index (χ4v) is 5.17. The van der Waals surface area contributed by atoms with Crippen molar-refractivity contribution in [1.29, 1.82) is 0 Å². The maximum Gasteiger partial charge on any atom is 0.241 e. The number of sulfonamides is 1. The van der Waals surface area contributed by atoms with E-state index in [1.165, 1.54) is 51.4 Å². The van der Waals surface area contributed by atoms with Crippen LogP contribution in [0.2, 0.25) is 0 Å². The third-order valence-electron chi connectivity index (χ3n) is 5.76. The van der Waals surface area contributed by atoms with Gasteiger partial charge in [0.2, 0.25) is 10.0 Å². The summed E-state index contributed by atoms with van der Waals surface area (Å²) in [7, 11) is -3.85. The van der Waals surface area contributed by atoms with Crippen molar-refractivity contribution in [2.75, 3.05) is 6.61 Å². The smallest absolute Gasteiger partial charge is 0.241 e. The van der Waals surface area contributed by atoms with E-state index in [1.54, 1.807) is 12.1 Å². The molecule has 0 atom stereocenters. The summed E-state index contributed by atoms with van der Waals surface area (Å²) in [5.74, 6) is 0.369. The largest absolute Gasteiger partial charge is 0.492 e. The molecule has 0 saturated carbocycles. The second kappa shape index (κ2) is 12.8. The molecule has 180 valence electrons. The molecule has 0 radical (unpaired) electrons. The van der Waals surface area contributed by atoms with Crippen LogP contribution >= 0.6 is 0 Å². The van der Waals surface area contributed by atoms with E-state index in [0.717, 1.165) is 24.8 Å². The second-order valence-electron chi connectivity index (χ2n) is 10.9.